The van der Waals surface area contributed by atoms with E-state index in [0.717, 1.165) is 39.2 Å². The van der Waals surface area contributed by atoms with Gasteiger partial charge >= 0.3 is 4.87 Å². The number of fused-ring (bicyclic) bond motifs is 2. The Morgan fingerprint density at radius 1 is 0.952 bits per heavy atom. The van der Waals surface area contributed by atoms with Gasteiger partial charge in [0.05, 0.1) is 16.6 Å². The highest BCUT2D eigenvalue weighted by atomic mass is 32.2. The third-order valence-electron chi connectivity index (χ3n) is 7.36. The number of anilines is 3. The van der Waals surface area contributed by atoms with E-state index < -0.39 is 40.6 Å². The molecule has 1 fully saturated rings. The summed E-state index contributed by atoms with van der Waals surface area (Å²) in [7, 11) is 3.82. The number of carbonyl (C=O) groups excluding carboxylic acids is 3. The third-order valence-corrected chi connectivity index (χ3v) is 9.96. The van der Waals surface area contributed by atoms with Gasteiger partial charge in [0.25, 0.3) is 0 Å². The maximum atomic E-state index is 13.9. The van der Waals surface area contributed by atoms with E-state index in [1.54, 1.807) is 12.1 Å². The van der Waals surface area contributed by atoms with Crippen molar-refractivity contribution in [1.82, 2.24) is 4.57 Å². The minimum atomic E-state index is -0.853. The molecule has 2 aliphatic rings. The number of imide groups is 1. The van der Waals surface area contributed by atoms with Crippen LogP contribution in [0.2, 0.25) is 0 Å². The van der Waals surface area contributed by atoms with Crippen molar-refractivity contribution in [1.29, 1.82) is 0 Å². The van der Waals surface area contributed by atoms with E-state index in [9.17, 15) is 28.7 Å². The number of rotatable bonds is 6. The number of halogens is 1. The number of carbonyl (C=O) groups is 3. The lowest BCUT2D eigenvalue weighted by Gasteiger charge is -2.31. The number of amides is 3. The fourth-order valence-electron chi connectivity index (χ4n) is 5.33. The van der Waals surface area contributed by atoms with Gasteiger partial charge in [-0.1, -0.05) is 35.2 Å². The summed E-state index contributed by atoms with van der Waals surface area (Å²) < 4.78 is 15.0. The molecule has 0 unspecified atom stereocenters. The number of aromatic nitrogens is 1. The molecule has 0 radical (unpaired) electrons. The van der Waals surface area contributed by atoms with Crippen molar-refractivity contribution in [2.24, 2.45) is 5.92 Å². The molecule has 0 spiro atoms. The van der Waals surface area contributed by atoms with Crippen molar-refractivity contribution in [3.05, 3.63) is 98.7 Å². The predicted molar refractivity (Wildman–Crippen MR) is 160 cm³/mol. The number of hydrogen-bond donors (Lipinski definition) is 2. The molecule has 1 saturated heterocycles. The van der Waals surface area contributed by atoms with E-state index in [4.69, 9.17) is 0 Å². The van der Waals surface area contributed by atoms with Gasteiger partial charge in [0.2, 0.25) is 17.7 Å². The summed E-state index contributed by atoms with van der Waals surface area (Å²) in [6, 6.07) is 18.7. The van der Waals surface area contributed by atoms with E-state index in [-0.39, 0.29) is 22.9 Å². The van der Waals surface area contributed by atoms with E-state index >= 15 is 0 Å². The lowest BCUT2D eigenvalue weighted by Crippen LogP contribution is -2.33. The quantitative estimate of drug-likeness (QED) is 0.250. The highest BCUT2D eigenvalue weighted by Gasteiger charge is 2.56. The van der Waals surface area contributed by atoms with Crippen LogP contribution in [0.25, 0.3) is 0 Å². The summed E-state index contributed by atoms with van der Waals surface area (Å²) in [6.07, 6.45) is 0. The number of thiazole rings is 1. The third kappa shape index (κ3) is 4.86. The van der Waals surface area contributed by atoms with E-state index in [1.165, 1.54) is 41.0 Å². The Morgan fingerprint density at radius 2 is 1.62 bits per heavy atom. The molecule has 6 rings (SSSR count). The van der Waals surface area contributed by atoms with Gasteiger partial charge in [0, 0.05) is 36.3 Å². The Morgan fingerprint density at radius 3 is 2.26 bits per heavy atom. The average Bonchev–Trinajstić information content (AvgIpc) is 3.41. The van der Waals surface area contributed by atoms with Crippen LogP contribution in [0.15, 0.2) is 82.6 Å². The van der Waals surface area contributed by atoms with Crippen molar-refractivity contribution in [2.75, 3.05) is 29.2 Å². The first-order chi connectivity index (χ1) is 20.1. The smallest absolute Gasteiger partial charge is 0.308 e. The van der Waals surface area contributed by atoms with Gasteiger partial charge in [-0.15, -0.1) is 0 Å². The van der Waals surface area contributed by atoms with Crippen LogP contribution >= 0.6 is 23.1 Å². The molecular formula is C30H25FN4O5S2. The van der Waals surface area contributed by atoms with Crippen LogP contribution in [0.3, 0.4) is 0 Å². The van der Waals surface area contributed by atoms with Gasteiger partial charge < -0.3 is 15.3 Å². The van der Waals surface area contributed by atoms with Crippen molar-refractivity contribution < 1.29 is 23.9 Å². The summed E-state index contributed by atoms with van der Waals surface area (Å²) in [4.78, 5) is 57.2. The SMILES string of the molecule is CN(C)c1ccc([C@@H]2c3sc(=O)n(CC(=O)Nc4ccc(O)cc4)c3S[C@H]3C(=O)N(c4ccc(F)cc4)C(=O)[C@@H]23)cc1. The van der Waals surface area contributed by atoms with Crippen LogP contribution in [0.4, 0.5) is 21.5 Å². The summed E-state index contributed by atoms with van der Waals surface area (Å²) in [5, 5.41) is 11.8. The van der Waals surface area contributed by atoms with Gasteiger partial charge in [0.1, 0.15) is 23.4 Å². The van der Waals surface area contributed by atoms with Crippen LogP contribution in [0.5, 0.6) is 5.75 Å². The Balaban J connectivity index is 1.41. The topological polar surface area (TPSA) is 112 Å². The highest BCUT2D eigenvalue weighted by molar-refractivity contribution is 8.00. The van der Waals surface area contributed by atoms with E-state index in [1.807, 2.05) is 43.3 Å². The molecule has 214 valence electrons. The highest BCUT2D eigenvalue weighted by Crippen LogP contribution is 2.54. The maximum absolute atomic E-state index is 13.9. The number of phenolic OH excluding ortho intramolecular Hbond substituents is 1. The minimum absolute atomic E-state index is 0.0530. The van der Waals surface area contributed by atoms with Gasteiger partial charge in [0.15, 0.2) is 0 Å². The lowest BCUT2D eigenvalue weighted by molar-refractivity contribution is -0.122. The average molecular weight is 605 g/mol. The van der Waals surface area contributed by atoms with Gasteiger partial charge in [-0.2, -0.15) is 0 Å². The fraction of sp³-hybridized carbons (Fsp3) is 0.200. The molecule has 9 nitrogen and oxygen atoms in total. The van der Waals surface area contributed by atoms with E-state index in [0.29, 0.717) is 15.6 Å². The monoisotopic (exact) mass is 604 g/mol. The molecule has 2 N–H and O–H groups in total. The molecular weight excluding hydrogens is 579 g/mol. The van der Waals surface area contributed by atoms with Crippen LogP contribution in [-0.2, 0) is 20.9 Å². The number of thioether (sulfide) groups is 1. The summed E-state index contributed by atoms with van der Waals surface area (Å²) in [6.45, 7) is -0.300. The predicted octanol–water partition coefficient (Wildman–Crippen LogP) is 4.26. The Bertz CT molecular complexity index is 1750. The van der Waals surface area contributed by atoms with Gasteiger partial charge in [-0.3, -0.25) is 23.7 Å². The molecule has 0 bridgehead atoms. The van der Waals surface area contributed by atoms with Gasteiger partial charge in [-0.05, 0) is 66.2 Å². The first-order valence-electron chi connectivity index (χ1n) is 13.0. The molecule has 3 atom stereocenters. The molecule has 0 aliphatic carbocycles. The Labute approximate surface area is 248 Å². The summed E-state index contributed by atoms with van der Waals surface area (Å²) in [5.41, 5.74) is 2.44. The zero-order valence-corrected chi connectivity index (χ0v) is 24.1. The number of nitrogens with zero attached hydrogens (tertiary/aromatic N) is 3. The molecule has 12 heteroatoms. The second-order valence-electron chi connectivity index (χ2n) is 10.2. The fourth-order valence-corrected chi connectivity index (χ4v) is 8.10. The minimum Gasteiger partial charge on any atom is -0.508 e. The maximum Gasteiger partial charge on any atom is 0.308 e. The number of nitrogens with one attached hydrogen (secondary N) is 1. The molecule has 42 heavy (non-hydrogen) atoms. The molecule has 3 aromatic carbocycles. The van der Waals surface area contributed by atoms with Crippen molar-refractivity contribution >= 4 is 57.9 Å². The van der Waals surface area contributed by atoms with Crippen molar-refractivity contribution in [2.45, 2.75) is 22.7 Å². The lowest BCUT2D eigenvalue weighted by atomic mass is 9.83. The molecule has 3 heterocycles. The zero-order valence-electron chi connectivity index (χ0n) is 22.5. The molecule has 4 aromatic rings. The Hall–Kier alpha value is -4.42. The normalized spacial score (nSPS) is 19.4. The number of aromatic hydroxyl groups is 1. The standard InChI is InChI=1S/C30H25FN4O5S2/c1-33(2)19-9-3-16(4-10-19)23-24-25(28(39)35(27(24)38)20-11-5-17(31)6-12-20)41-29-26(23)42-30(40)34(29)15-22(37)32-18-7-13-21(36)14-8-18/h3-14,23-25,36H,15H2,1-2H3,(H,32,37)/t23-,24-,25+/m0/s1. The molecule has 1 aromatic heterocycles. The molecule has 0 saturated carbocycles. The van der Waals surface area contributed by atoms with Gasteiger partial charge in [-0.25, -0.2) is 9.29 Å². The first-order valence-corrected chi connectivity index (χ1v) is 14.7. The Kier molecular flexibility index (Phi) is 7.11. The second kappa shape index (κ2) is 10.8. The van der Waals surface area contributed by atoms with Crippen LogP contribution < -0.4 is 20.0 Å². The second-order valence-corrected chi connectivity index (χ2v) is 12.4. The summed E-state index contributed by atoms with van der Waals surface area (Å²) >= 11 is 2.07. The zero-order chi connectivity index (χ0) is 29.7. The summed E-state index contributed by atoms with van der Waals surface area (Å²) in [5.74, 6) is -3.18. The van der Waals surface area contributed by atoms with E-state index in [2.05, 4.69) is 5.32 Å². The number of phenols is 1. The van der Waals surface area contributed by atoms with Crippen LogP contribution in [0, 0.1) is 11.7 Å². The van der Waals surface area contributed by atoms with Crippen LogP contribution in [0.1, 0.15) is 16.4 Å². The number of hydrogen-bond acceptors (Lipinski definition) is 8. The van der Waals surface area contributed by atoms with Crippen molar-refractivity contribution in [3.8, 4) is 5.75 Å². The molecule has 2 aliphatic heterocycles. The number of benzene rings is 3. The largest absolute Gasteiger partial charge is 0.508 e. The van der Waals surface area contributed by atoms with Crippen LogP contribution in [-0.4, -0.2) is 46.7 Å². The molecule has 3 amide bonds. The first kappa shape index (κ1) is 27.7. The van der Waals surface area contributed by atoms with Crippen molar-refractivity contribution in [3.63, 3.8) is 0 Å².